The molecule has 2 aromatic carbocycles. The monoisotopic (exact) mass is 348 g/mol. The van der Waals surface area contributed by atoms with Gasteiger partial charge in [-0.25, -0.2) is 4.98 Å². The molecule has 1 N–H and O–H groups in total. The molecule has 3 aromatic rings. The van der Waals surface area contributed by atoms with Gasteiger partial charge in [0.1, 0.15) is 0 Å². The minimum atomic E-state index is -0.253. The van der Waals surface area contributed by atoms with E-state index in [1.54, 1.807) is 23.5 Å². The number of hydrogen-bond acceptors (Lipinski definition) is 4. The van der Waals surface area contributed by atoms with Crippen LogP contribution in [0.5, 0.6) is 0 Å². The molecule has 112 valence electrons. The Morgan fingerprint density at radius 1 is 1.23 bits per heavy atom. The molecule has 3 rings (SSSR count). The molecular formula is C16H13ClN2OS2. The van der Waals surface area contributed by atoms with Crippen molar-refractivity contribution in [2.75, 3.05) is 5.32 Å². The fourth-order valence-electron chi connectivity index (χ4n) is 1.90. The van der Waals surface area contributed by atoms with Gasteiger partial charge in [-0.1, -0.05) is 47.6 Å². The van der Waals surface area contributed by atoms with Crippen LogP contribution >= 0.6 is 34.7 Å². The van der Waals surface area contributed by atoms with Gasteiger partial charge in [-0.05, 0) is 31.2 Å². The number of anilines is 1. The lowest BCUT2D eigenvalue weighted by Crippen LogP contribution is -2.22. The molecule has 1 unspecified atom stereocenters. The van der Waals surface area contributed by atoms with E-state index in [-0.39, 0.29) is 11.2 Å². The summed E-state index contributed by atoms with van der Waals surface area (Å²) in [6.45, 7) is 1.86. The summed E-state index contributed by atoms with van der Waals surface area (Å²) in [7, 11) is 0. The van der Waals surface area contributed by atoms with Crippen molar-refractivity contribution in [3.63, 3.8) is 0 Å². The number of thiazole rings is 1. The molecular weight excluding hydrogens is 336 g/mol. The summed E-state index contributed by atoms with van der Waals surface area (Å²) in [5.41, 5.74) is 1.60. The van der Waals surface area contributed by atoms with E-state index in [0.29, 0.717) is 10.7 Å². The van der Waals surface area contributed by atoms with E-state index in [1.165, 1.54) is 11.8 Å². The lowest BCUT2D eigenvalue weighted by atomic mass is 10.3. The highest BCUT2D eigenvalue weighted by Crippen LogP contribution is 2.32. The van der Waals surface area contributed by atoms with Crippen molar-refractivity contribution in [3.8, 4) is 0 Å². The number of hydrogen-bond donors (Lipinski definition) is 1. The lowest BCUT2D eigenvalue weighted by molar-refractivity contribution is -0.115. The van der Waals surface area contributed by atoms with Crippen LogP contribution in [0.2, 0.25) is 5.02 Å². The number of thioether (sulfide) groups is 1. The Bertz CT molecular complexity index is 786. The van der Waals surface area contributed by atoms with Crippen LogP contribution in [0.15, 0.2) is 52.9 Å². The first-order valence-electron chi connectivity index (χ1n) is 6.71. The van der Waals surface area contributed by atoms with E-state index >= 15 is 0 Å². The van der Waals surface area contributed by atoms with Crippen LogP contribution in [-0.4, -0.2) is 16.1 Å². The first kappa shape index (κ1) is 15.3. The van der Waals surface area contributed by atoms with Crippen LogP contribution in [0.25, 0.3) is 10.2 Å². The topological polar surface area (TPSA) is 42.0 Å². The number of para-hydroxylation sites is 2. The number of halogens is 1. The summed E-state index contributed by atoms with van der Waals surface area (Å²) >= 11 is 9.11. The quantitative estimate of drug-likeness (QED) is 0.669. The molecule has 0 bridgehead atoms. The summed E-state index contributed by atoms with van der Waals surface area (Å²) < 4.78 is 2.02. The molecule has 3 nitrogen and oxygen atoms in total. The van der Waals surface area contributed by atoms with Crippen LogP contribution < -0.4 is 5.32 Å². The van der Waals surface area contributed by atoms with Crippen molar-refractivity contribution in [1.82, 2.24) is 4.98 Å². The van der Waals surface area contributed by atoms with E-state index in [2.05, 4.69) is 10.3 Å². The fraction of sp³-hybridized carbons (Fsp3) is 0.125. The number of carbonyl (C=O) groups excluding carboxylic acids is 1. The zero-order valence-electron chi connectivity index (χ0n) is 11.7. The predicted molar refractivity (Wildman–Crippen MR) is 95.0 cm³/mol. The maximum absolute atomic E-state index is 12.3. The van der Waals surface area contributed by atoms with E-state index in [9.17, 15) is 4.79 Å². The van der Waals surface area contributed by atoms with E-state index < -0.39 is 0 Å². The molecule has 0 radical (unpaired) electrons. The average molecular weight is 349 g/mol. The van der Waals surface area contributed by atoms with Gasteiger partial charge >= 0.3 is 0 Å². The normalized spacial score (nSPS) is 12.3. The number of nitrogens with zero attached hydrogens (tertiary/aromatic N) is 1. The Balaban J connectivity index is 1.69. The second-order valence-electron chi connectivity index (χ2n) is 4.68. The molecule has 0 spiro atoms. The van der Waals surface area contributed by atoms with Gasteiger partial charge in [0.05, 0.1) is 26.2 Å². The third-order valence-corrected chi connectivity index (χ3v) is 5.61. The first-order valence-corrected chi connectivity index (χ1v) is 8.78. The molecule has 6 heteroatoms. The summed E-state index contributed by atoms with van der Waals surface area (Å²) in [6, 6.07) is 15.2. The van der Waals surface area contributed by atoms with E-state index in [1.807, 2.05) is 43.3 Å². The molecule has 0 aliphatic rings. The standard InChI is InChI=1S/C16H13ClN2OS2/c1-10(15(20)18-12-7-3-2-6-11(12)17)21-16-19-13-8-4-5-9-14(13)22-16/h2-10H,1H3,(H,18,20). The Kier molecular flexibility index (Phi) is 4.66. The molecule has 1 aromatic heterocycles. The number of fused-ring (bicyclic) bond motifs is 1. The van der Waals surface area contributed by atoms with Gasteiger partial charge in [0.25, 0.3) is 0 Å². The number of benzene rings is 2. The lowest BCUT2D eigenvalue weighted by Gasteiger charge is -2.11. The van der Waals surface area contributed by atoms with Gasteiger partial charge in [-0.2, -0.15) is 0 Å². The van der Waals surface area contributed by atoms with Crippen molar-refractivity contribution in [3.05, 3.63) is 53.6 Å². The number of rotatable bonds is 4. The summed E-state index contributed by atoms with van der Waals surface area (Å²) in [6.07, 6.45) is 0. The third-order valence-electron chi connectivity index (χ3n) is 3.05. The molecule has 1 heterocycles. The highest BCUT2D eigenvalue weighted by atomic mass is 35.5. The molecule has 1 amide bonds. The molecule has 0 aliphatic heterocycles. The number of amides is 1. The Labute approximate surface area is 141 Å². The highest BCUT2D eigenvalue weighted by Gasteiger charge is 2.17. The largest absolute Gasteiger partial charge is 0.324 e. The Morgan fingerprint density at radius 2 is 1.95 bits per heavy atom. The second kappa shape index (κ2) is 6.69. The predicted octanol–water partition coefficient (Wildman–Crippen LogP) is 5.07. The maximum Gasteiger partial charge on any atom is 0.237 e. The first-order chi connectivity index (χ1) is 10.6. The van der Waals surface area contributed by atoms with Crippen LogP contribution in [0, 0.1) is 0 Å². The Morgan fingerprint density at radius 3 is 2.73 bits per heavy atom. The smallest absolute Gasteiger partial charge is 0.237 e. The SMILES string of the molecule is CC(Sc1nc2ccccc2s1)C(=O)Nc1ccccc1Cl. The highest BCUT2D eigenvalue weighted by molar-refractivity contribution is 8.02. The van der Waals surface area contributed by atoms with Gasteiger partial charge in [-0.3, -0.25) is 4.79 Å². The molecule has 0 aliphatic carbocycles. The molecule has 0 saturated carbocycles. The molecule has 1 atom stereocenters. The van der Waals surface area contributed by atoms with Crippen LogP contribution in [0.1, 0.15) is 6.92 Å². The summed E-state index contributed by atoms with van der Waals surface area (Å²) in [5.74, 6) is -0.0858. The second-order valence-corrected chi connectivity index (χ2v) is 7.70. The van der Waals surface area contributed by atoms with Gasteiger partial charge < -0.3 is 5.32 Å². The van der Waals surface area contributed by atoms with Gasteiger partial charge in [0.15, 0.2) is 4.34 Å². The van der Waals surface area contributed by atoms with Crippen molar-refractivity contribution in [2.45, 2.75) is 16.5 Å². The van der Waals surface area contributed by atoms with Gasteiger partial charge in [0, 0.05) is 0 Å². The minimum Gasteiger partial charge on any atom is -0.324 e. The summed E-state index contributed by atoms with van der Waals surface area (Å²) in [4.78, 5) is 16.8. The van der Waals surface area contributed by atoms with Crippen LogP contribution in [-0.2, 0) is 4.79 Å². The molecule has 0 saturated heterocycles. The maximum atomic E-state index is 12.3. The Hall–Kier alpha value is -1.56. The number of nitrogens with one attached hydrogen (secondary N) is 1. The van der Waals surface area contributed by atoms with Crippen molar-refractivity contribution < 1.29 is 4.79 Å². The van der Waals surface area contributed by atoms with E-state index in [0.717, 1.165) is 14.6 Å². The molecule has 22 heavy (non-hydrogen) atoms. The number of aromatic nitrogens is 1. The van der Waals surface area contributed by atoms with Gasteiger partial charge in [0.2, 0.25) is 5.91 Å². The van der Waals surface area contributed by atoms with Crippen LogP contribution in [0.4, 0.5) is 5.69 Å². The third kappa shape index (κ3) is 3.43. The van der Waals surface area contributed by atoms with Gasteiger partial charge in [-0.15, -0.1) is 11.3 Å². The zero-order chi connectivity index (χ0) is 15.5. The van der Waals surface area contributed by atoms with Crippen molar-refractivity contribution >= 4 is 56.5 Å². The summed E-state index contributed by atoms with van der Waals surface area (Å²) in [5, 5.41) is 3.13. The number of carbonyl (C=O) groups is 1. The fourth-order valence-corrected chi connectivity index (χ4v) is 4.30. The van der Waals surface area contributed by atoms with E-state index in [4.69, 9.17) is 11.6 Å². The average Bonchev–Trinajstić information content (AvgIpc) is 2.91. The van der Waals surface area contributed by atoms with Crippen LogP contribution in [0.3, 0.4) is 0 Å². The molecule has 0 fully saturated rings. The zero-order valence-corrected chi connectivity index (χ0v) is 14.1. The minimum absolute atomic E-state index is 0.0858. The van der Waals surface area contributed by atoms with Crippen molar-refractivity contribution in [1.29, 1.82) is 0 Å². The van der Waals surface area contributed by atoms with Crippen molar-refractivity contribution in [2.24, 2.45) is 0 Å².